The van der Waals surface area contributed by atoms with E-state index in [9.17, 15) is 0 Å². The van der Waals surface area contributed by atoms with Gasteiger partial charge in [-0.2, -0.15) is 0 Å². The summed E-state index contributed by atoms with van der Waals surface area (Å²) in [5, 5.41) is 7.40. The van der Waals surface area contributed by atoms with E-state index in [1.165, 1.54) is 5.56 Å². The van der Waals surface area contributed by atoms with Crippen LogP contribution in [0.5, 0.6) is 0 Å². The monoisotopic (exact) mass is 205 g/mol. The molecule has 0 saturated carbocycles. The number of nitrogens with two attached hydrogens (primary N) is 2. The fourth-order valence-corrected chi connectivity index (χ4v) is 1.64. The van der Waals surface area contributed by atoms with E-state index in [1.54, 1.807) is 0 Å². The van der Waals surface area contributed by atoms with Gasteiger partial charge in [-0.15, -0.1) is 0 Å². The summed E-state index contributed by atoms with van der Waals surface area (Å²) in [7, 11) is 0. The summed E-state index contributed by atoms with van der Waals surface area (Å²) in [5.74, 6) is 0.138. The van der Waals surface area contributed by atoms with Gasteiger partial charge >= 0.3 is 0 Å². The molecule has 0 radical (unpaired) electrons. The van der Waals surface area contributed by atoms with Gasteiger partial charge in [0.15, 0.2) is 0 Å². The Labute approximate surface area is 91.0 Å². The molecular formula is C12H19N3. The minimum atomic E-state index is 0.138. The number of nitrogens with one attached hydrogen (secondary N) is 1. The van der Waals surface area contributed by atoms with Gasteiger partial charge in [0.1, 0.15) is 5.84 Å². The van der Waals surface area contributed by atoms with Crippen LogP contribution in [0.1, 0.15) is 29.5 Å². The third kappa shape index (κ3) is 3.72. The first-order valence-corrected chi connectivity index (χ1v) is 5.28. The van der Waals surface area contributed by atoms with Crippen LogP contribution in [0.25, 0.3) is 0 Å². The zero-order chi connectivity index (χ0) is 11.3. The fraction of sp³-hybridized carbons (Fsp3) is 0.417. The molecule has 0 aliphatic carbocycles. The predicted octanol–water partition coefficient (Wildman–Crippen LogP) is 1.56. The average Bonchev–Trinajstić information content (AvgIpc) is 2.17. The number of aryl methyl sites for hydroxylation is 2. The standard InChI is InChI=1S/C12H19N3/c1-9-6-10(4-2-3-5-13)8-11(7-9)12(14)15/h6-8H,2-5,13H2,1H3,(H3,14,15). The molecule has 1 aromatic rings. The minimum absolute atomic E-state index is 0.138. The topological polar surface area (TPSA) is 75.9 Å². The van der Waals surface area contributed by atoms with E-state index < -0.39 is 0 Å². The Morgan fingerprint density at radius 2 is 2.00 bits per heavy atom. The van der Waals surface area contributed by atoms with Crippen LogP contribution >= 0.6 is 0 Å². The molecule has 0 bridgehead atoms. The summed E-state index contributed by atoms with van der Waals surface area (Å²) in [6.07, 6.45) is 3.15. The summed E-state index contributed by atoms with van der Waals surface area (Å²) in [6, 6.07) is 6.07. The van der Waals surface area contributed by atoms with Crippen LogP contribution in [0.15, 0.2) is 18.2 Å². The average molecular weight is 205 g/mol. The second kappa shape index (κ2) is 5.51. The van der Waals surface area contributed by atoms with Crippen LogP contribution in [0, 0.1) is 12.3 Å². The first-order chi connectivity index (χ1) is 7.13. The van der Waals surface area contributed by atoms with Crippen molar-refractivity contribution in [2.75, 3.05) is 6.54 Å². The van der Waals surface area contributed by atoms with Crippen LogP contribution in [-0.2, 0) is 6.42 Å². The molecule has 0 heterocycles. The largest absolute Gasteiger partial charge is 0.384 e. The molecular weight excluding hydrogens is 186 g/mol. The van der Waals surface area contributed by atoms with Gasteiger partial charge in [0.25, 0.3) is 0 Å². The maximum atomic E-state index is 7.40. The van der Waals surface area contributed by atoms with Gasteiger partial charge in [-0.05, 0) is 50.4 Å². The molecule has 3 heteroatoms. The molecule has 0 unspecified atom stereocenters. The molecule has 5 N–H and O–H groups in total. The lowest BCUT2D eigenvalue weighted by Crippen LogP contribution is -2.11. The van der Waals surface area contributed by atoms with Crippen molar-refractivity contribution in [3.8, 4) is 0 Å². The van der Waals surface area contributed by atoms with Gasteiger partial charge in [0.2, 0.25) is 0 Å². The quantitative estimate of drug-likeness (QED) is 0.387. The van der Waals surface area contributed by atoms with Crippen molar-refractivity contribution in [3.63, 3.8) is 0 Å². The lowest BCUT2D eigenvalue weighted by molar-refractivity contribution is 0.744. The van der Waals surface area contributed by atoms with Gasteiger partial charge in [-0.3, -0.25) is 5.41 Å². The van der Waals surface area contributed by atoms with E-state index in [2.05, 4.69) is 6.07 Å². The Bertz CT molecular complexity index is 345. The fourth-order valence-electron chi connectivity index (χ4n) is 1.64. The van der Waals surface area contributed by atoms with Crippen LogP contribution in [0.2, 0.25) is 0 Å². The maximum Gasteiger partial charge on any atom is 0.122 e. The summed E-state index contributed by atoms with van der Waals surface area (Å²) in [5.41, 5.74) is 14.1. The van der Waals surface area contributed by atoms with Gasteiger partial charge in [0.05, 0.1) is 0 Å². The SMILES string of the molecule is Cc1cc(CCCCN)cc(C(=N)N)c1. The number of unbranched alkanes of at least 4 members (excludes halogenated alkanes) is 1. The van der Waals surface area contributed by atoms with Crippen molar-refractivity contribution in [2.45, 2.75) is 26.2 Å². The highest BCUT2D eigenvalue weighted by Gasteiger charge is 2.01. The van der Waals surface area contributed by atoms with Gasteiger partial charge in [0, 0.05) is 5.56 Å². The molecule has 0 amide bonds. The molecule has 0 spiro atoms. The van der Waals surface area contributed by atoms with Crippen LogP contribution in [0.4, 0.5) is 0 Å². The van der Waals surface area contributed by atoms with Gasteiger partial charge in [-0.25, -0.2) is 0 Å². The molecule has 3 nitrogen and oxygen atoms in total. The second-order valence-corrected chi connectivity index (χ2v) is 3.87. The highest BCUT2D eigenvalue weighted by atomic mass is 14.7. The molecule has 0 fully saturated rings. The Balaban J connectivity index is 2.75. The molecule has 0 saturated heterocycles. The predicted molar refractivity (Wildman–Crippen MR) is 64.2 cm³/mol. The van der Waals surface area contributed by atoms with Crippen LogP contribution < -0.4 is 11.5 Å². The summed E-state index contributed by atoms with van der Waals surface area (Å²) < 4.78 is 0. The molecule has 0 aromatic heterocycles. The van der Waals surface area contributed by atoms with Crippen LogP contribution in [0.3, 0.4) is 0 Å². The van der Waals surface area contributed by atoms with E-state index in [-0.39, 0.29) is 5.84 Å². The van der Waals surface area contributed by atoms with E-state index in [0.29, 0.717) is 0 Å². The zero-order valence-corrected chi connectivity index (χ0v) is 9.22. The first kappa shape index (κ1) is 11.7. The van der Waals surface area contributed by atoms with Crippen molar-refractivity contribution in [1.29, 1.82) is 5.41 Å². The molecule has 1 rings (SSSR count). The number of hydrogen-bond acceptors (Lipinski definition) is 2. The normalized spacial score (nSPS) is 10.3. The number of benzene rings is 1. The molecule has 0 aliphatic heterocycles. The lowest BCUT2D eigenvalue weighted by atomic mass is 10.0. The van der Waals surface area contributed by atoms with Gasteiger partial charge in [-0.1, -0.05) is 11.6 Å². The van der Waals surface area contributed by atoms with E-state index in [1.807, 2.05) is 19.1 Å². The molecule has 0 atom stereocenters. The number of nitrogen functional groups attached to an aromatic ring is 1. The second-order valence-electron chi connectivity index (χ2n) is 3.87. The highest BCUT2D eigenvalue weighted by Crippen LogP contribution is 2.11. The number of hydrogen-bond donors (Lipinski definition) is 3. The summed E-state index contributed by atoms with van der Waals surface area (Å²) in [4.78, 5) is 0. The van der Waals surface area contributed by atoms with E-state index >= 15 is 0 Å². The maximum absolute atomic E-state index is 7.40. The summed E-state index contributed by atoms with van der Waals surface area (Å²) in [6.45, 7) is 2.77. The molecule has 82 valence electrons. The van der Waals surface area contributed by atoms with Gasteiger partial charge < -0.3 is 11.5 Å². The van der Waals surface area contributed by atoms with Crippen molar-refractivity contribution < 1.29 is 0 Å². The molecule has 15 heavy (non-hydrogen) atoms. The molecule has 1 aromatic carbocycles. The lowest BCUT2D eigenvalue weighted by Gasteiger charge is -2.06. The van der Waals surface area contributed by atoms with Crippen molar-refractivity contribution in [1.82, 2.24) is 0 Å². The minimum Gasteiger partial charge on any atom is -0.384 e. The Kier molecular flexibility index (Phi) is 4.31. The summed E-state index contributed by atoms with van der Waals surface area (Å²) >= 11 is 0. The van der Waals surface area contributed by atoms with E-state index in [0.717, 1.165) is 36.9 Å². The van der Waals surface area contributed by atoms with Crippen molar-refractivity contribution >= 4 is 5.84 Å². The zero-order valence-electron chi connectivity index (χ0n) is 9.22. The third-order valence-electron chi connectivity index (χ3n) is 2.37. The Morgan fingerprint density at radius 1 is 1.27 bits per heavy atom. The van der Waals surface area contributed by atoms with Crippen molar-refractivity contribution in [2.24, 2.45) is 11.5 Å². The first-order valence-electron chi connectivity index (χ1n) is 5.28. The highest BCUT2D eigenvalue weighted by molar-refractivity contribution is 5.95. The molecule has 0 aliphatic rings. The van der Waals surface area contributed by atoms with Crippen LogP contribution in [-0.4, -0.2) is 12.4 Å². The Morgan fingerprint density at radius 3 is 2.60 bits per heavy atom. The number of amidine groups is 1. The third-order valence-corrected chi connectivity index (χ3v) is 2.37. The Hall–Kier alpha value is -1.35. The number of rotatable bonds is 5. The van der Waals surface area contributed by atoms with Crippen molar-refractivity contribution in [3.05, 3.63) is 34.9 Å². The van der Waals surface area contributed by atoms with E-state index in [4.69, 9.17) is 16.9 Å². The smallest absolute Gasteiger partial charge is 0.122 e.